The summed E-state index contributed by atoms with van der Waals surface area (Å²) >= 11 is 0. The molecule has 0 aromatic heterocycles. The van der Waals surface area contributed by atoms with Crippen molar-refractivity contribution in [3.05, 3.63) is 34.9 Å². The second-order valence-corrected chi connectivity index (χ2v) is 4.26. The summed E-state index contributed by atoms with van der Waals surface area (Å²) in [6.45, 7) is 4.05. The van der Waals surface area contributed by atoms with Crippen molar-refractivity contribution in [1.29, 1.82) is 0 Å². The maximum Gasteiger partial charge on any atom is 0.254 e. The minimum atomic E-state index is 0.137. The second-order valence-electron chi connectivity index (χ2n) is 4.26. The molecule has 3 heteroatoms. The second kappa shape index (κ2) is 4.66. The van der Waals surface area contributed by atoms with Crippen LogP contribution in [0.5, 0.6) is 0 Å². The van der Waals surface area contributed by atoms with Gasteiger partial charge in [0.25, 0.3) is 5.91 Å². The molecule has 0 atom stereocenters. The molecule has 1 aromatic rings. The van der Waals surface area contributed by atoms with Gasteiger partial charge in [-0.25, -0.2) is 0 Å². The van der Waals surface area contributed by atoms with Crippen LogP contribution in [0.15, 0.2) is 18.2 Å². The van der Waals surface area contributed by atoms with E-state index in [-0.39, 0.29) is 5.91 Å². The number of rotatable bonds is 4. The van der Waals surface area contributed by atoms with Gasteiger partial charge in [-0.2, -0.15) is 0 Å². The maximum absolute atomic E-state index is 12.0. The third-order valence-corrected chi connectivity index (χ3v) is 2.99. The smallest absolute Gasteiger partial charge is 0.254 e. The van der Waals surface area contributed by atoms with Gasteiger partial charge in [0.05, 0.1) is 0 Å². The maximum atomic E-state index is 12.0. The zero-order chi connectivity index (χ0) is 11.5. The van der Waals surface area contributed by atoms with Gasteiger partial charge >= 0.3 is 0 Å². The fourth-order valence-electron chi connectivity index (χ4n) is 2.19. The highest BCUT2D eigenvalue weighted by Gasteiger charge is 2.26. The number of amides is 1. The highest BCUT2D eigenvalue weighted by atomic mass is 16.2. The van der Waals surface area contributed by atoms with Crippen molar-refractivity contribution in [2.24, 2.45) is 5.73 Å². The Morgan fingerprint density at radius 2 is 2.25 bits per heavy atom. The zero-order valence-electron chi connectivity index (χ0n) is 9.70. The van der Waals surface area contributed by atoms with Crippen LogP contribution < -0.4 is 5.73 Å². The van der Waals surface area contributed by atoms with Gasteiger partial charge in [0.1, 0.15) is 0 Å². The SMILES string of the molecule is CCCc1ccc2c(c1)C(=O)N(CCN)C2. The molecule has 16 heavy (non-hydrogen) atoms. The summed E-state index contributed by atoms with van der Waals surface area (Å²) in [5.41, 5.74) is 8.75. The molecule has 0 spiro atoms. The van der Waals surface area contributed by atoms with E-state index in [9.17, 15) is 4.79 Å². The fourth-order valence-corrected chi connectivity index (χ4v) is 2.19. The molecule has 0 radical (unpaired) electrons. The van der Waals surface area contributed by atoms with Crippen molar-refractivity contribution >= 4 is 5.91 Å². The molecule has 1 amide bonds. The Hall–Kier alpha value is -1.35. The highest BCUT2D eigenvalue weighted by Crippen LogP contribution is 2.23. The Balaban J connectivity index is 2.23. The molecule has 0 saturated heterocycles. The van der Waals surface area contributed by atoms with E-state index in [0.29, 0.717) is 13.1 Å². The van der Waals surface area contributed by atoms with E-state index in [0.717, 1.165) is 30.5 Å². The van der Waals surface area contributed by atoms with Crippen molar-refractivity contribution in [2.75, 3.05) is 13.1 Å². The molecule has 1 aliphatic rings. The first kappa shape index (κ1) is 11.1. The largest absolute Gasteiger partial charge is 0.333 e. The number of fused-ring (bicyclic) bond motifs is 1. The van der Waals surface area contributed by atoms with Gasteiger partial charge in [-0.15, -0.1) is 0 Å². The number of carbonyl (C=O) groups excluding carboxylic acids is 1. The predicted octanol–water partition coefficient (Wildman–Crippen LogP) is 1.55. The van der Waals surface area contributed by atoms with E-state index in [2.05, 4.69) is 19.1 Å². The number of hydrogen-bond acceptors (Lipinski definition) is 2. The monoisotopic (exact) mass is 218 g/mol. The van der Waals surface area contributed by atoms with E-state index in [4.69, 9.17) is 5.73 Å². The lowest BCUT2D eigenvalue weighted by Gasteiger charge is -2.13. The highest BCUT2D eigenvalue weighted by molar-refractivity contribution is 5.98. The summed E-state index contributed by atoms with van der Waals surface area (Å²) in [6.07, 6.45) is 2.15. The third kappa shape index (κ3) is 1.95. The van der Waals surface area contributed by atoms with Gasteiger partial charge in [-0.3, -0.25) is 4.79 Å². The predicted molar refractivity (Wildman–Crippen MR) is 64.2 cm³/mol. The van der Waals surface area contributed by atoms with Crippen LogP contribution in [0.4, 0.5) is 0 Å². The lowest BCUT2D eigenvalue weighted by Crippen LogP contribution is -2.29. The Kier molecular flexibility index (Phi) is 3.25. The summed E-state index contributed by atoms with van der Waals surface area (Å²) in [6, 6.07) is 6.24. The molecular weight excluding hydrogens is 200 g/mol. The lowest BCUT2D eigenvalue weighted by molar-refractivity contribution is 0.0783. The van der Waals surface area contributed by atoms with Crippen LogP contribution in [0.25, 0.3) is 0 Å². The Morgan fingerprint density at radius 3 is 2.94 bits per heavy atom. The van der Waals surface area contributed by atoms with Crippen LogP contribution >= 0.6 is 0 Å². The first-order valence-corrected chi connectivity index (χ1v) is 5.87. The number of nitrogens with zero attached hydrogens (tertiary/aromatic N) is 1. The lowest BCUT2D eigenvalue weighted by atomic mass is 10.0. The number of benzene rings is 1. The van der Waals surface area contributed by atoms with Crippen molar-refractivity contribution in [3.8, 4) is 0 Å². The average Bonchev–Trinajstić information content (AvgIpc) is 2.58. The topological polar surface area (TPSA) is 46.3 Å². The minimum absolute atomic E-state index is 0.137. The molecule has 0 saturated carbocycles. The molecule has 3 nitrogen and oxygen atoms in total. The zero-order valence-corrected chi connectivity index (χ0v) is 9.70. The molecule has 2 rings (SSSR count). The molecule has 0 bridgehead atoms. The molecule has 1 aliphatic heterocycles. The van der Waals surface area contributed by atoms with Crippen LogP contribution in [-0.4, -0.2) is 23.9 Å². The molecule has 1 heterocycles. The summed E-state index contributed by atoms with van der Waals surface area (Å²) in [5, 5.41) is 0. The van der Waals surface area contributed by atoms with Crippen molar-refractivity contribution < 1.29 is 4.79 Å². The number of hydrogen-bond donors (Lipinski definition) is 1. The standard InChI is InChI=1S/C13H18N2O/c1-2-3-10-4-5-11-9-15(7-6-14)13(16)12(11)8-10/h4-5,8H,2-3,6-7,9,14H2,1H3. The number of aryl methyl sites for hydroxylation is 1. The first-order valence-electron chi connectivity index (χ1n) is 5.87. The van der Waals surface area contributed by atoms with Crippen LogP contribution in [-0.2, 0) is 13.0 Å². The van der Waals surface area contributed by atoms with Crippen molar-refractivity contribution in [3.63, 3.8) is 0 Å². The van der Waals surface area contributed by atoms with E-state index in [1.54, 1.807) is 0 Å². The van der Waals surface area contributed by atoms with E-state index in [1.165, 1.54) is 5.56 Å². The van der Waals surface area contributed by atoms with Gasteiger partial charge in [0.15, 0.2) is 0 Å². The van der Waals surface area contributed by atoms with Gasteiger partial charge in [0, 0.05) is 25.2 Å². The van der Waals surface area contributed by atoms with Gasteiger partial charge < -0.3 is 10.6 Å². The molecule has 2 N–H and O–H groups in total. The average molecular weight is 218 g/mol. The molecule has 0 unspecified atom stereocenters. The van der Waals surface area contributed by atoms with Gasteiger partial charge in [0.2, 0.25) is 0 Å². The fraction of sp³-hybridized carbons (Fsp3) is 0.462. The number of carbonyl (C=O) groups is 1. The summed E-state index contributed by atoms with van der Waals surface area (Å²) in [5.74, 6) is 0.137. The third-order valence-electron chi connectivity index (χ3n) is 2.99. The molecular formula is C13H18N2O. The Bertz CT molecular complexity index is 401. The molecule has 86 valence electrons. The molecule has 1 aromatic carbocycles. The minimum Gasteiger partial charge on any atom is -0.333 e. The molecule has 0 aliphatic carbocycles. The number of nitrogens with two attached hydrogens (primary N) is 1. The van der Waals surface area contributed by atoms with Crippen molar-refractivity contribution in [2.45, 2.75) is 26.3 Å². The van der Waals surface area contributed by atoms with Gasteiger partial charge in [-0.1, -0.05) is 25.5 Å². The van der Waals surface area contributed by atoms with Crippen LogP contribution in [0.3, 0.4) is 0 Å². The quantitative estimate of drug-likeness (QED) is 0.833. The van der Waals surface area contributed by atoms with Crippen molar-refractivity contribution in [1.82, 2.24) is 4.90 Å². The van der Waals surface area contributed by atoms with Crippen LogP contribution in [0.1, 0.15) is 34.8 Å². The Morgan fingerprint density at radius 1 is 1.44 bits per heavy atom. The normalized spacial score (nSPS) is 14.4. The van der Waals surface area contributed by atoms with E-state index in [1.807, 2.05) is 11.0 Å². The summed E-state index contributed by atoms with van der Waals surface area (Å²) in [7, 11) is 0. The van der Waals surface area contributed by atoms with Gasteiger partial charge in [-0.05, 0) is 23.6 Å². The van der Waals surface area contributed by atoms with Crippen LogP contribution in [0, 0.1) is 0 Å². The molecule has 0 fully saturated rings. The van der Waals surface area contributed by atoms with E-state index >= 15 is 0 Å². The summed E-state index contributed by atoms with van der Waals surface area (Å²) in [4.78, 5) is 13.8. The summed E-state index contributed by atoms with van der Waals surface area (Å²) < 4.78 is 0. The van der Waals surface area contributed by atoms with Crippen LogP contribution in [0.2, 0.25) is 0 Å². The Labute approximate surface area is 96.2 Å². The first-order chi connectivity index (χ1) is 7.76. The van der Waals surface area contributed by atoms with E-state index < -0.39 is 0 Å².